The van der Waals surface area contributed by atoms with Crippen LogP contribution in [0.5, 0.6) is 5.75 Å². The van der Waals surface area contributed by atoms with Crippen molar-refractivity contribution in [2.24, 2.45) is 0 Å². The largest absolute Gasteiger partial charge is 0.497 e. The molecule has 1 aromatic heterocycles. The van der Waals surface area contributed by atoms with Crippen LogP contribution in [0.25, 0.3) is 11.0 Å². The molecule has 31 heavy (non-hydrogen) atoms. The number of carbonyl (C=O) groups excluding carboxylic acids is 2. The van der Waals surface area contributed by atoms with Crippen LogP contribution in [0.3, 0.4) is 0 Å². The van der Waals surface area contributed by atoms with Crippen molar-refractivity contribution in [3.05, 3.63) is 54.3 Å². The van der Waals surface area contributed by atoms with Crippen molar-refractivity contribution < 1.29 is 23.5 Å². The zero-order chi connectivity index (χ0) is 21.6. The molecule has 0 spiro atoms. The molecule has 0 aliphatic carbocycles. The number of piperidine rings is 1. The van der Waals surface area contributed by atoms with Crippen molar-refractivity contribution in [2.45, 2.75) is 25.7 Å². The second-order valence-corrected chi connectivity index (χ2v) is 7.60. The average Bonchev–Trinajstić information content (AvgIpc) is 3.20. The number of nitrogens with zero attached hydrogens (tertiary/aromatic N) is 1. The predicted molar refractivity (Wildman–Crippen MR) is 119 cm³/mol. The van der Waals surface area contributed by atoms with Gasteiger partial charge in [0.05, 0.1) is 19.8 Å². The highest BCUT2D eigenvalue weighted by Crippen LogP contribution is 2.26. The Kier molecular flexibility index (Phi) is 6.40. The summed E-state index contributed by atoms with van der Waals surface area (Å²) in [5.41, 5.74) is 3.18. The standard InChI is InChI=1S/C24H26N2O5/c1-29-20-9-10-21-17(15-30-22(21)14-20)13-24(28)31-16-23(27)25-18-5-7-19(8-6-18)26-11-3-2-4-12-26/h5-10,14-15H,2-4,11-13,16H2,1H3,(H,25,27). The third-order valence-corrected chi connectivity index (χ3v) is 5.43. The lowest BCUT2D eigenvalue weighted by Crippen LogP contribution is -2.29. The number of anilines is 2. The van der Waals surface area contributed by atoms with Gasteiger partial charge in [-0.3, -0.25) is 9.59 Å². The zero-order valence-corrected chi connectivity index (χ0v) is 17.6. The average molecular weight is 422 g/mol. The molecule has 1 N–H and O–H groups in total. The molecule has 0 radical (unpaired) electrons. The van der Waals surface area contributed by atoms with E-state index < -0.39 is 5.97 Å². The van der Waals surface area contributed by atoms with Gasteiger partial charge in [0.1, 0.15) is 11.3 Å². The number of amides is 1. The van der Waals surface area contributed by atoms with E-state index in [1.54, 1.807) is 19.2 Å². The van der Waals surface area contributed by atoms with Crippen LogP contribution in [-0.4, -0.2) is 38.7 Å². The maximum Gasteiger partial charge on any atom is 0.310 e. The lowest BCUT2D eigenvalue weighted by atomic mass is 10.1. The molecule has 1 amide bonds. The van der Waals surface area contributed by atoms with E-state index in [0.29, 0.717) is 22.6 Å². The van der Waals surface area contributed by atoms with Gasteiger partial charge >= 0.3 is 5.97 Å². The minimum atomic E-state index is -0.492. The van der Waals surface area contributed by atoms with Gasteiger partial charge in [0.2, 0.25) is 0 Å². The highest BCUT2D eigenvalue weighted by atomic mass is 16.5. The molecule has 0 unspecified atom stereocenters. The van der Waals surface area contributed by atoms with Crippen LogP contribution >= 0.6 is 0 Å². The minimum Gasteiger partial charge on any atom is -0.497 e. The Morgan fingerprint density at radius 1 is 1.06 bits per heavy atom. The molecule has 3 aromatic rings. The molecule has 2 heterocycles. The highest BCUT2D eigenvalue weighted by molar-refractivity contribution is 5.93. The second-order valence-electron chi connectivity index (χ2n) is 7.60. The maximum atomic E-state index is 12.2. The molecule has 0 bridgehead atoms. The molecule has 1 aliphatic rings. The van der Waals surface area contributed by atoms with E-state index in [1.165, 1.54) is 25.5 Å². The first kappa shape index (κ1) is 20.8. The Balaban J connectivity index is 1.26. The lowest BCUT2D eigenvalue weighted by Gasteiger charge is -2.28. The van der Waals surface area contributed by atoms with Crippen molar-refractivity contribution in [3.8, 4) is 5.75 Å². The first-order valence-corrected chi connectivity index (χ1v) is 10.5. The van der Waals surface area contributed by atoms with Crippen molar-refractivity contribution >= 4 is 34.2 Å². The van der Waals surface area contributed by atoms with E-state index in [9.17, 15) is 9.59 Å². The van der Waals surface area contributed by atoms with Crippen LogP contribution in [0, 0.1) is 0 Å². The lowest BCUT2D eigenvalue weighted by molar-refractivity contribution is -0.146. The maximum absolute atomic E-state index is 12.2. The number of hydrogen-bond donors (Lipinski definition) is 1. The Morgan fingerprint density at radius 2 is 1.84 bits per heavy atom. The van der Waals surface area contributed by atoms with Crippen LogP contribution < -0.4 is 15.0 Å². The predicted octanol–water partition coefficient (Wildman–Crippen LogP) is 4.16. The molecule has 0 atom stereocenters. The van der Waals surface area contributed by atoms with E-state index in [-0.39, 0.29) is 18.9 Å². The normalized spacial score (nSPS) is 13.8. The smallest absolute Gasteiger partial charge is 0.310 e. The Labute approximate surface area is 180 Å². The summed E-state index contributed by atoms with van der Waals surface area (Å²) >= 11 is 0. The monoisotopic (exact) mass is 422 g/mol. The van der Waals surface area contributed by atoms with E-state index in [4.69, 9.17) is 13.9 Å². The summed E-state index contributed by atoms with van der Waals surface area (Å²) in [5, 5.41) is 3.58. The van der Waals surface area contributed by atoms with Gasteiger partial charge in [-0.05, 0) is 55.7 Å². The number of rotatable bonds is 7. The van der Waals surface area contributed by atoms with Crippen molar-refractivity contribution in [1.82, 2.24) is 0 Å². The van der Waals surface area contributed by atoms with Crippen LogP contribution in [-0.2, 0) is 20.7 Å². The second kappa shape index (κ2) is 9.55. The summed E-state index contributed by atoms with van der Waals surface area (Å²) < 4.78 is 15.8. The number of ether oxygens (including phenoxy) is 2. The molecule has 7 nitrogen and oxygen atoms in total. The molecule has 1 saturated heterocycles. The van der Waals surface area contributed by atoms with E-state index in [2.05, 4.69) is 10.2 Å². The molecular weight excluding hydrogens is 396 g/mol. The first-order chi connectivity index (χ1) is 15.1. The summed E-state index contributed by atoms with van der Waals surface area (Å²) in [7, 11) is 1.58. The fourth-order valence-electron chi connectivity index (χ4n) is 3.78. The fourth-order valence-corrected chi connectivity index (χ4v) is 3.78. The van der Waals surface area contributed by atoms with Gasteiger partial charge in [0, 0.05) is 41.5 Å². The number of benzene rings is 2. The number of fused-ring (bicyclic) bond motifs is 1. The van der Waals surface area contributed by atoms with Crippen LogP contribution in [0.1, 0.15) is 24.8 Å². The highest BCUT2D eigenvalue weighted by Gasteiger charge is 2.14. The summed E-state index contributed by atoms with van der Waals surface area (Å²) in [6.07, 6.45) is 5.26. The SMILES string of the molecule is COc1ccc2c(CC(=O)OCC(=O)Nc3ccc(N4CCCCC4)cc3)coc2c1. The Bertz CT molecular complexity index is 1050. The minimum absolute atomic E-state index is 0.0249. The van der Waals surface area contributed by atoms with Gasteiger partial charge in [-0.25, -0.2) is 0 Å². The van der Waals surface area contributed by atoms with Crippen molar-refractivity contribution in [2.75, 3.05) is 37.0 Å². The number of carbonyl (C=O) groups is 2. The topological polar surface area (TPSA) is 81.0 Å². The summed E-state index contributed by atoms with van der Waals surface area (Å²) in [4.78, 5) is 26.7. The molecule has 1 aliphatic heterocycles. The zero-order valence-electron chi connectivity index (χ0n) is 17.6. The number of nitrogens with one attached hydrogen (secondary N) is 1. The number of esters is 1. The molecule has 4 rings (SSSR count). The quantitative estimate of drug-likeness (QED) is 0.576. The van der Waals surface area contributed by atoms with Gasteiger partial charge in [-0.1, -0.05) is 0 Å². The number of furan rings is 1. The van der Waals surface area contributed by atoms with Gasteiger partial charge in [-0.15, -0.1) is 0 Å². The van der Waals surface area contributed by atoms with Crippen LogP contribution in [0.4, 0.5) is 11.4 Å². The Hall–Kier alpha value is -3.48. The van der Waals surface area contributed by atoms with Crippen molar-refractivity contribution in [3.63, 3.8) is 0 Å². The molecule has 1 fully saturated rings. The van der Waals surface area contributed by atoms with Crippen LogP contribution in [0.2, 0.25) is 0 Å². The van der Waals surface area contributed by atoms with Gasteiger partial charge in [0.15, 0.2) is 6.61 Å². The summed E-state index contributed by atoms with van der Waals surface area (Å²) in [5.74, 6) is -0.188. The van der Waals surface area contributed by atoms with E-state index >= 15 is 0 Å². The van der Waals surface area contributed by atoms with Gasteiger partial charge < -0.3 is 24.1 Å². The molecule has 0 saturated carbocycles. The third kappa shape index (κ3) is 5.17. The third-order valence-electron chi connectivity index (χ3n) is 5.43. The first-order valence-electron chi connectivity index (χ1n) is 10.5. The Morgan fingerprint density at radius 3 is 2.58 bits per heavy atom. The van der Waals surface area contributed by atoms with E-state index in [1.807, 2.05) is 30.3 Å². The van der Waals surface area contributed by atoms with Crippen molar-refractivity contribution in [1.29, 1.82) is 0 Å². The van der Waals surface area contributed by atoms with E-state index in [0.717, 1.165) is 24.2 Å². The number of hydrogen-bond acceptors (Lipinski definition) is 6. The molecule has 162 valence electrons. The van der Waals surface area contributed by atoms with Crippen LogP contribution in [0.15, 0.2) is 53.1 Å². The fraction of sp³-hybridized carbons (Fsp3) is 0.333. The van der Waals surface area contributed by atoms with Gasteiger partial charge in [0.25, 0.3) is 5.91 Å². The summed E-state index contributed by atoms with van der Waals surface area (Å²) in [6.45, 7) is 1.80. The number of methoxy groups -OCH3 is 1. The summed E-state index contributed by atoms with van der Waals surface area (Å²) in [6, 6.07) is 13.1. The molecule has 7 heteroatoms. The molecular formula is C24H26N2O5. The van der Waals surface area contributed by atoms with Gasteiger partial charge in [-0.2, -0.15) is 0 Å². The molecule has 2 aromatic carbocycles.